The summed E-state index contributed by atoms with van der Waals surface area (Å²) in [5, 5.41) is 9.10. The van der Waals surface area contributed by atoms with Gasteiger partial charge in [-0.25, -0.2) is 17.1 Å². The molecule has 0 fully saturated rings. The smallest absolute Gasteiger partial charge is 0.328 e. The molecule has 3 rings (SSSR count). The molecule has 0 atom stereocenters. The van der Waals surface area contributed by atoms with Crippen LogP contribution in [0, 0.1) is 0 Å². The zero-order valence-electron chi connectivity index (χ0n) is 12.6. The molecular weight excluding hydrogens is 324 g/mol. The van der Waals surface area contributed by atoms with Crippen LogP contribution in [0.1, 0.15) is 13.8 Å². The Kier molecular flexibility index (Phi) is 3.66. The Morgan fingerprint density at radius 3 is 2.64 bits per heavy atom. The van der Waals surface area contributed by atoms with Crippen LogP contribution in [-0.2, 0) is 10.0 Å². The van der Waals surface area contributed by atoms with E-state index >= 15 is 0 Å². The zero-order chi connectivity index (χ0) is 16.1. The summed E-state index contributed by atoms with van der Waals surface area (Å²) < 4.78 is 33.1. The van der Waals surface area contributed by atoms with Gasteiger partial charge in [-0.3, -0.25) is 0 Å². The second kappa shape index (κ2) is 5.25. The summed E-state index contributed by atoms with van der Waals surface area (Å²) in [7, 11) is -0.497. The number of aromatic nitrogens is 3. The number of fused-ring (bicyclic) bond motifs is 3. The highest BCUT2D eigenvalue weighted by molar-refractivity contribution is 7.99. The summed E-state index contributed by atoms with van der Waals surface area (Å²) in [6, 6.07) is 4.77. The molecule has 22 heavy (non-hydrogen) atoms. The highest BCUT2D eigenvalue weighted by atomic mass is 32.2. The summed E-state index contributed by atoms with van der Waals surface area (Å²) >= 11 is 1.54. The first-order valence-electron chi connectivity index (χ1n) is 6.67. The van der Waals surface area contributed by atoms with Gasteiger partial charge in [-0.2, -0.15) is 0 Å². The summed E-state index contributed by atoms with van der Waals surface area (Å²) in [5.74, 6) is 0.359. The molecule has 0 amide bonds. The van der Waals surface area contributed by atoms with Gasteiger partial charge in [0.25, 0.3) is 0 Å². The summed E-state index contributed by atoms with van der Waals surface area (Å²) in [6.45, 7) is 4.10. The van der Waals surface area contributed by atoms with Crippen molar-refractivity contribution in [3.8, 4) is 0 Å². The highest BCUT2D eigenvalue weighted by Gasteiger charge is 2.21. The van der Waals surface area contributed by atoms with Crippen molar-refractivity contribution in [1.29, 1.82) is 0 Å². The summed E-state index contributed by atoms with van der Waals surface area (Å²) in [4.78, 5) is 0.210. The largest absolute Gasteiger partial charge is 0.422 e. The van der Waals surface area contributed by atoms with Crippen molar-refractivity contribution in [3.05, 3.63) is 18.2 Å². The van der Waals surface area contributed by atoms with Gasteiger partial charge in [-0.1, -0.05) is 30.7 Å². The number of oxazole rings is 1. The van der Waals surface area contributed by atoms with Gasteiger partial charge in [-0.15, -0.1) is 5.10 Å². The van der Waals surface area contributed by atoms with Gasteiger partial charge < -0.3 is 4.42 Å². The van der Waals surface area contributed by atoms with Crippen LogP contribution < -0.4 is 0 Å². The lowest BCUT2D eigenvalue weighted by Crippen LogP contribution is -2.22. The minimum Gasteiger partial charge on any atom is -0.422 e. The van der Waals surface area contributed by atoms with Crippen LogP contribution in [0.15, 0.2) is 32.7 Å². The molecule has 0 N–H and O–H groups in total. The maximum Gasteiger partial charge on any atom is 0.328 e. The third-order valence-corrected chi connectivity index (χ3v) is 5.85. The third-order valence-electron chi connectivity index (χ3n) is 3.10. The average molecular weight is 340 g/mol. The zero-order valence-corrected chi connectivity index (χ0v) is 14.3. The molecular formula is C13H16N4O3S2. The fourth-order valence-electron chi connectivity index (χ4n) is 2.04. The van der Waals surface area contributed by atoms with Gasteiger partial charge in [0.2, 0.25) is 10.0 Å². The van der Waals surface area contributed by atoms with Crippen LogP contribution in [0.4, 0.5) is 0 Å². The molecule has 1 aromatic carbocycles. The van der Waals surface area contributed by atoms with Gasteiger partial charge in [0.05, 0.1) is 10.4 Å². The molecule has 0 saturated heterocycles. The minimum absolute atomic E-state index is 0.210. The Labute approximate surface area is 132 Å². The monoisotopic (exact) mass is 340 g/mol. The fourth-order valence-corrected chi connectivity index (χ4v) is 3.76. The van der Waals surface area contributed by atoms with Gasteiger partial charge in [0, 0.05) is 19.3 Å². The quantitative estimate of drug-likeness (QED) is 0.678. The molecule has 0 bridgehead atoms. The second-order valence-corrected chi connectivity index (χ2v) is 8.98. The molecule has 0 radical (unpaired) electrons. The molecule has 0 aliphatic rings. The van der Waals surface area contributed by atoms with Crippen molar-refractivity contribution in [2.45, 2.75) is 29.1 Å². The Hall–Kier alpha value is -1.58. The van der Waals surface area contributed by atoms with Crippen molar-refractivity contribution in [1.82, 2.24) is 18.9 Å². The molecule has 7 nitrogen and oxygen atoms in total. The first kappa shape index (κ1) is 15.3. The number of rotatable bonds is 4. The molecule has 9 heteroatoms. The molecule has 0 spiro atoms. The Balaban J connectivity index is 2.26. The van der Waals surface area contributed by atoms with E-state index < -0.39 is 10.0 Å². The molecule has 2 heterocycles. The van der Waals surface area contributed by atoms with E-state index in [1.165, 1.54) is 24.5 Å². The van der Waals surface area contributed by atoms with E-state index in [1.54, 1.807) is 28.3 Å². The molecule has 118 valence electrons. The van der Waals surface area contributed by atoms with Gasteiger partial charge in [0.15, 0.2) is 10.7 Å². The van der Waals surface area contributed by atoms with Crippen molar-refractivity contribution < 1.29 is 12.8 Å². The van der Waals surface area contributed by atoms with Gasteiger partial charge in [0.1, 0.15) is 0 Å². The van der Waals surface area contributed by atoms with Crippen LogP contribution in [0.25, 0.3) is 16.9 Å². The van der Waals surface area contributed by atoms with E-state index in [0.29, 0.717) is 27.4 Å². The second-order valence-electron chi connectivity index (χ2n) is 5.29. The van der Waals surface area contributed by atoms with Crippen molar-refractivity contribution in [3.63, 3.8) is 0 Å². The van der Waals surface area contributed by atoms with Gasteiger partial charge in [-0.05, 0) is 18.2 Å². The maximum atomic E-state index is 12.3. The van der Waals surface area contributed by atoms with Crippen LogP contribution in [0.2, 0.25) is 0 Å². The summed E-state index contributed by atoms with van der Waals surface area (Å²) in [6.07, 6.45) is 0. The maximum absolute atomic E-state index is 12.3. The van der Waals surface area contributed by atoms with E-state index in [1.807, 2.05) is 0 Å². The van der Waals surface area contributed by atoms with Crippen molar-refractivity contribution in [2.75, 3.05) is 14.1 Å². The first-order chi connectivity index (χ1) is 10.3. The predicted molar refractivity (Wildman–Crippen MR) is 84.6 cm³/mol. The van der Waals surface area contributed by atoms with Crippen LogP contribution in [0.3, 0.4) is 0 Å². The number of hydrogen-bond donors (Lipinski definition) is 0. The number of benzene rings is 1. The number of hydrogen-bond acceptors (Lipinski definition) is 6. The normalized spacial score (nSPS) is 13.0. The standard InChI is InChI=1S/C13H16N4O3S2/c1-8(2)21-13-15-14-12-17(13)10-7-9(5-6-11(10)20-12)22(18,19)16(3)4/h5-8H,1-4H3. The lowest BCUT2D eigenvalue weighted by atomic mass is 10.3. The lowest BCUT2D eigenvalue weighted by Gasteiger charge is -2.11. The fraction of sp³-hybridized carbons (Fsp3) is 0.385. The van der Waals surface area contributed by atoms with Crippen molar-refractivity contribution in [2.24, 2.45) is 0 Å². The van der Waals surface area contributed by atoms with E-state index in [9.17, 15) is 8.42 Å². The molecule has 0 aliphatic carbocycles. The van der Waals surface area contributed by atoms with E-state index in [-0.39, 0.29) is 4.90 Å². The first-order valence-corrected chi connectivity index (χ1v) is 8.99. The number of thioether (sulfide) groups is 1. The molecule has 0 aliphatic heterocycles. The minimum atomic E-state index is -3.50. The topological polar surface area (TPSA) is 80.7 Å². The average Bonchev–Trinajstić information content (AvgIpc) is 2.97. The Morgan fingerprint density at radius 1 is 1.27 bits per heavy atom. The third kappa shape index (κ3) is 2.38. The Bertz CT molecular complexity index is 941. The highest BCUT2D eigenvalue weighted by Crippen LogP contribution is 2.29. The number of nitrogens with zero attached hydrogens (tertiary/aromatic N) is 4. The predicted octanol–water partition coefficient (Wildman–Crippen LogP) is 2.23. The van der Waals surface area contributed by atoms with Gasteiger partial charge >= 0.3 is 5.84 Å². The van der Waals surface area contributed by atoms with Crippen LogP contribution in [-0.4, -0.2) is 46.7 Å². The Morgan fingerprint density at radius 2 is 2.00 bits per heavy atom. The van der Waals surface area contributed by atoms with Crippen LogP contribution in [0.5, 0.6) is 0 Å². The number of sulfonamides is 1. The van der Waals surface area contributed by atoms with E-state index in [2.05, 4.69) is 24.0 Å². The molecule has 3 aromatic rings. The van der Waals surface area contributed by atoms with Crippen LogP contribution >= 0.6 is 11.8 Å². The van der Waals surface area contributed by atoms with E-state index in [4.69, 9.17) is 4.42 Å². The molecule has 2 aromatic heterocycles. The molecule has 0 unspecified atom stereocenters. The summed E-state index contributed by atoms with van der Waals surface area (Å²) in [5.41, 5.74) is 1.22. The molecule has 0 saturated carbocycles. The van der Waals surface area contributed by atoms with E-state index in [0.717, 1.165) is 0 Å². The van der Waals surface area contributed by atoms with Crippen molar-refractivity contribution >= 4 is 38.7 Å². The lowest BCUT2D eigenvalue weighted by molar-refractivity contribution is 0.521. The SMILES string of the molecule is CC(C)Sc1nnc2oc3ccc(S(=O)(=O)N(C)C)cc3n12.